The average molecular weight is 439 g/mol. The molecule has 0 unspecified atom stereocenters. The number of nitrogens with zero attached hydrogens (tertiary/aromatic N) is 2. The molecule has 0 saturated carbocycles. The highest BCUT2D eigenvalue weighted by Gasteiger charge is 2.32. The first-order valence-electron chi connectivity index (χ1n) is 10.5. The second-order valence-electron chi connectivity index (χ2n) is 7.91. The zero-order chi connectivity index (χ0) is 22.5. The molecular weight excluding hydrogens is 408 g/mol. The van der Waals surface area contributed by atoms with E-state index in [4.69, 9.17) is 14.5 Å². The minimum atomic E-state index is -0.0309. The van der Waals surface area contributed by atoms with Crippen molar-refractivity contribution in [3.63, 3.8) is 0 Å². The summed E-state index contributed by atoms with van der Waals surface area (Å²) in [5.41, 5.74) is 3.99. The molecule has 1 aliphatic rings. The van der Waals surface area contributed by atoms with Crippen LogP contribution in [-0.4, -0.2) is 36.2 Å². The maximum absolute atomic E-state index is 13.0. The number of ether oxygens (including phenoxy) is 2. The van der Waals surface area contributed by atoms with E-state index < -0.39 is 0 Å². The van der Waals surface area contributed by atoms with Crippen LogP contribution in [0.2, 0.25) is 0 Å². The molecule has 164 valence electrons. The second kappa shape index (κ2) is 10.1. The van der Waals surface area contributed by atoms with E-state index in [1.807, 2.05) is 63.2 Å². The van der Waals surface area contributed by atoms with Crippen LogP contribution in [-0.2, 0) is 4.79 Å². The monoisotopic (exact) mass is 438 g/mol. The molecule has 3 rings (SSSR count). The minimum absolute atomic E-state index is 0.0309. The number of hydrogen-bond acceptors (Lipinski definition) is 5. The lowest BCUT2D eigenvalue weighted by atomic mass is 10.1. The summed E-state index contributed by atoms with van der Waals surface area (Å²) in [6.45, 7) is 11.4. The van der Waals surface area contributed by atoms with Crippen LogP contribution in [0.1, 0.15) is 37.5 Å². The van der Waals surface area contributed by atoms with Gasteiger partial charge in [-0.2, -0.15) is 0 Å². The number of rotatable bonds is 7. The molecule has 2 aromatic rings. The van der Waals surface area contributed by atoms with Crippen molar-refractivity contribution in [1.29, 1.82) is 0 Å². The molecule has 0 N–H and O–H groups in total. The Bertz CT molecular complexity index is 1010. The van der Waals surface area contributed by atoms with Crippen molar-refractivity contribution >= 4 is 34.6 Å². The van der Waals surface area contributed by atoms with Crippen LogP contribution in [0.15, 0.2) is 46.3 Å². The lowest BCUT2D eigenvalue weighted by Crippen LogP contribution is -2.28. The van der Waals surface area contributed by atoms with Gasteiger partial charge in [0.15, 0.2) is 16.7 Å². The summed E-state index contributed by atoms with van der Waals surface area (Å²) in [4.78, 5) is 20.2. The van der Waals surface area contributed by atoms with E-state index in [2.05, 4.69) is 13.8 Å². The van der Waals surface area contributed by atoms with Gasteiger partial charge in [0.2, 0.25) is 0 Å². The topological polar surface area (TPSA) is 51.1 Å². The summed E-state index contributed by atoms with van der Waals surface area (Å²) >= 11 is 1.41. The van der Waals surface area contributed by atoms with Gasteiger partial charge >= 0.3 is 0 Å². The van der Waals surface area contributed by atoms with Gasteiger partial charge in [-0.25, -0.2) is 4.99 Å². The van der Waals surface area contributed by atoms with E-state index in [-0.39, 0.29) is 5.91 Å². The predicted octanol–water partition coefficient (Wildman–Crippen LogP) is 5.97. The molecular formula is C25H30N2O3S. The van der Waals surface area contributed by atoms with Gasteiger partial charge < -0.3 is 9.47 Å². The Kier molecular flexibility index (Phi) is 7.44. The predicted molar refractivity (Wildman–Crippen MR) is 129 cm³/mol. The molecule has 0 atom stereocenters. The Balaban J connectivity index is 1.91. The molecule has 0 aliphatic carbocycles. The number of amides is 1. The van der Waals surface area contributed by atoms with Crippen molar-refractivity contribution in [2.24, 2.45) is 10.9 Å². The highest BCUT2D eigenvalue weighted by atomic mass is 32.2. The van der Waals surface area contributed by atoms with Crippen molar-refractivity contribution < 1.29 is 14.3 Å². The second-order valence-corrected chi connectivity index (χ2v) is 8.92. The van der Waals surface area contributed by atoms with E-state index in [1.54, 1.807) is 12.0 Å². The average Bonchev–Trinajstić information content (AvgIpc) is 3.03. The van der Waals surface area contributed by atoms with Crippen molar-refractivity contribution in [2.45, 2.75) is 34.6 Å². The van der Waals surface area contributed by atoms with Crippen LogP contribution < -0.4 is 9.47 Å². The molecule has 31 heavy (non-hydrogen) atoms. The Labute approximate surface area is 189 Å². The van der Waals surface area contributed by atoms with Gasteiger partial charge in [0.25, 0.3) is 5.91 Å². The maximum Gasteiger partial charge on any atom is 0.266 e. The van der Waals surface area contributed by atoms with Crippen LogP contribution in [0.25, 0.3) is 6.08 Å². The number of carbonyl (C=O) groups is 1. The highest BCUT2D eigenvalue weighted by Crippen LogP contribution is 2.36. The molecule has 1 aliphatic heterocycles. The normalized spacial score (nSPS) is 16.6. The lowest BCUT2D eigenvalue weighted by Gasteiger charge is -2.13. The van der Waals surface area contributed by atoms with Gasteiger partial charge in [0.05, 0.1) is 24.3 Å². The molecule has 2 aromatic carbocycles. The fraction of sp³-hybridized carbons (Fsp3) is 0.360. The Morgan fingerprint density at radius 3 is 2.45 bits per heavy atom. The third-order valence-electron chi connectivity index (χ3n) is 4.91. The molecule has 0 bridgehead atoms. The first kappa shape index (κ1) is 22.9. The van der Waals surface area contributed by atoms with E-state index in [1.165, 1.54) is 11.8 Å². The Morgan fingerprint density at radius 1 is 1.13 bits per heavy atom. The molecule has 1 fully saturated rings. The Morgan fingerprint density at radius 2 is 1.84 bits per heavy atom. The summed E-state index contributed by atoms with van der Waals surface area (Å²) in [6, 6.07) is 11.8. The number of benzene rings is 2. The van der Waals surface area contributed by atoms with Crippen molar-refractivity contribution in [2.75, 3.05) is 20.3 Å². The summed E-state index contributed by atoms with van der Waals surface area (Å²) in [6.07, 6.45) is 1.89. The third kappa shape index (κ3) is 5.31. The van der Waals surface area contributed by atoms with Crippen molar-refractivity contribution in [1.82, 2.24) is 4.90 Å². The van der Waals surface area contributed by atoms with Gasteiger partial charge in [-0.05, 0) is 73.4 Å². The number of aryl methyl sites for hydroxylation is 2. The fourth-order valence-electron chi connectivity index (χ4n) is 3.25. The quantitative estimate of drug-likeness (QED) is 0.500. The number of likely N-dealkylation sites (N-methyl/N-ethyl adjacent to an activating group) is 1. The molecule has 1 amide bonds. The first-order chi connectivity index (χ1) is 14.8. The molecule has 1 saturated heterocycles. The number of thioether (sulfide) groups is 1. The summed E-state index contributed by atoms with van der Waals surface area (Å²) in [5, 5.41) is 0.708. The van der Waals surface area contributed by atoms with Crippen LogP contribution in [0.5, 0.6) is 11.5 Å². The van der Waals surface area contributed by atoms with E-state index in [9.17, 15) is 4.79 Å². The smallest absolute Gasteiger partial charge is 0.266 e. The van der Waals surface area contributed by atoms with Gasteiger partial charge in [-0.1, -0.05) is 38.1 Å². The summed E-state index contributed by atoms with van der Waals surface area (Å²) in [5.74, 6) is 1.75. The van der Waals surface area contributed by atoms with Gasteiger partial charge in [-0.3, -0.25) is 9.69 Å². The number of carbonyl (C=O) groups excluding carboxylic acids is 1. The van der Waals surface area contributed by atoms with Crippen LogP contribution in [0, 0.1) is 19.8 Å². The number of para-hydroxylation sites is 1. The summed E-state index contributed by atoms with van der Waals surface area (Å²) < 4.78 is 11.3. The SMILES string of the molecule is CCN1C(=O)/C(=C\c2ccc(OCC(C)C)c(OC)c2)SC1=Nc1c(C)cccc1C. The lowest BCUT2D eigenvalue weighted by molar-refractivity contribution is -0.122. The molecule has 0 radical (unpaired) electrons. The molecule has 6 heteroatoms. The molecule has 1 heterocycles. The van der Waals surface area contributed by atoms with Crippen LogP contribution in [0.4, 0.5) is 5.69 Å². The van der Waals surface area contributed by atoms with Crippen LogP contribution >= 0.6 is 11.8 Å². The minimum Gasteiger partial charge on any atom is -0.493 e. The number of amidine groups is 1. The molecule has 5 nitrogen and oxygen atoms in total. The zero-order valence-corrected chi connectivity index (χ0v) is 19.9. The van der Waals surface area contributed by atoms with Crippen LogP contribution in [0.3, 0.4) is 0 Å². The number of methoxy groups -OCH3 is 1. The largest absolute Gasteiger partial charge is 0.493 e. The van der Waals surface area contributed by atoms with E-state index >= 15 is 0 Å². The van der Waals surface area contributed by atoms with E-state index in [0.717, 1.165) is 22.4 Å². The van der Waals surface area contributed by atoms with Gasteiger partial charge in [0, 0.05) is 6.54 Å². The number of hydrogen-bond donors (Lipinski definition) is 0. The third-order valence-corrected chi connectivity index (χ3v) is 5.92. The van der Waals surface area contributed by atoms with Gasteiger partial charge in [-0.15, -0.1) is 0 Å². The van der Waals surface area contributed by atoms with Crippen molar-refractivity contribution in [3.05, 3.63) is 58.0 Å². The van der Waals surface area contributed by atoms with Crippen molar-refractivity contribution in [3.8, 4) is 11.5 Å². The molecule has 0 aromatic heterocycles. The highest BCUT2D eigenvalue weighted by molar-refractivity contribution is 8.18. The standard InChI is InChI=1S/C25H30N2O3S/c1-7-27-24(28)22(31-25(27)26-23-17(4)9-8-10-18(23)5)14-19-11-12-20(21(13-19)29-6)30-15-16(2)3/h8-14,16H,7,15H2,1-6H3/b22-14+,26-25?. The zero-order valence-electron chi connectivity index (χ0n) is 19.1. The maximum atomic E-state index is 13.0. The van der Waals surface area contributed by atoms with E-state index in [0.29, 0.717) is 40.6 Å². The molecule has 0 spiro atoms. The Hall–Kier alpha value is -2.73. The fourth-order valence-corrected chi connectivity index (χ4v) is 4.30. The summed E-state index contributed by atoms with van der Waals surface area (Å²) in [7, 11) is 1.62. The first-order valence-corrected chi connectivity index (χ1v) is 11.3. The van der Waals surface area contributed by atoms with Gasteiger partial charge in [0.1, 0.15) is 0 Å². The number of aliphatic imine (C=N–C) groups is 1.